The molecule has 1 aromatic carbocycles. The molecule has 0 saturated carbocycles. The Morgan fingerprint density at radius 1 is 1.32 bits per heavy atom. The Morgan fingerprint density at radius 2 is 2.05 bits per heavy atom. The number of para-hydroxylation sites is 1. The standard InChI is InChI=1S/C15H17ClN4O2/c1-17-13(21)8-7-10-5-3-4-6-12(10)18-15(22)14-11(16)9-20(2)19-14/h3-6,9H,7-8H2,1-2H3,(H,17,21)(H,18,22). The van der Waals surface area contributed by atoms with E-state index in [9.17, 15) is 9.59 Å². The predicted molar refractivity (Wildman–Crippen MR) is 85.0 cm³/mol. The molecule has 116 valence electrons. The van der Waals surface area contributed by atoms with Crippen LogP contribution in [-0.4, -0.2) is 28.6 Å². The minimum Gasteiger partial charge on any atom is -0.359 e. The summed E-state index contributed by atoms with van der Waals surface area (Å²) in [6.45, 7) is 0. The van der Waals surface area contributed by atoms with Gasteiger partial charge < -0.3 is 10.6 Å². The van der Waals surface area contributed by atoms with Gasteiger partial charge in [0.05, 0.1) is 5.02 Å². The minimum atomic E-state index is -0.377. The van der Waals surface area contributed by atoms with E-state index in [4.69, 9.17) is 11.6 Å². The van der Waals surface area contributed by atoms with Crippen molar-refractivity contribution in [1.82, 2.24) is 15.1 Å². The van der Waals surface area contributed by atoms with Crippen molar-refractivity contribution in [3.05, 3.63) is 46.7 Å². The lowest BCUT2D eigenvalue weighted by Gasteiger charge is -2.10. The zero-order chi connectivity index (χ0) is 16.1. The molecule has 0 aliphatic carbocycles. The van der Waals surface area contributed by atoms with Crippen molar-refractivity contribution in [2.75, 3.05) is 12.4 Å². The molecule has 0 radical (unpaired) electrons. The SMILES string of the molecule is CNC(=O)CCc1ccccc1NC(=O)c1nn(C)cc1Cl. The Hall–Kier alpha value is -2.34. The molecule has 0 unspecified atom stereocenters. The average Bonchev–Trinajstić information content (AvgIpc) is 2.84. The minimum absolute atomic E-state index is 0.0473. The molecule has 2 N–H and O–H groups in total. The lowest BCUT2D eigenvalue weighted by molar-refractivity contribution is -0.120. The first kappa shape index (κ1) is 16.0. The summed E-state index contributed by atoms with van der Waals surface area (Å²) in [4.78, 5) is 23.6. The van der Waals surface area contributed by atoms with Crippen LogP contribution in [0.1, 0.15) is 22.5 Å². The quantitative estimate of drug-likeness (QED) is 0.884. The lowest BCUT2D eigenvalue weighted by Crippen LogP contribution is -2.19. The van der Waals surface area contributed by atoms with Crippen LogP contribution in [0, 0.1) is 0 Å². The third kappa shape index (κ3) is 3.85. The number of aryl methyl sites for hydroxylation is 2. The number of carbonyl (C=O) groups excluding carboxylic acids is 2. The number of hydrogen-bond acceptors (Lipinski definition) is 3. The van der Waals surface area contributed by atoms with Gasteiger partial charge in [-0.1, -0.05) is 29.8 Å². The van der Waals surface area contributed by atoms with E-state index in [1.165, 1.54) is 4.68 Å². The molecule has 2 amide bonds. The second-order valence-corrected chi connectivity index (χ2v) is 5.19. The van der Waals surface area contributed by atoms with Crippen LogP contribution in [0.5, 0.6) is 0 Å². The van der Waals surface area contributed by atoms with Crippen molar-refractivity contribution in [2.45, 2.75) is 12.8 Å². The van der Waals surface area contributed by atoms with E-state index in [0.717, 1.165) is 5.56 Å². The highest BCUT2D eigenvalue weighted by molar-refractivity contribution is 6.34. The summed E-state index contributed by atoms with van der Waals surface area (Å²) in [5.74, 6) is -0.424. The fourth-order valence-corrected chi connectivity index (χ4v) is 2.29. The zero-order valence-corrected chi connectivity index (χ0v) is 13.1. The second kappa shape index (κ2) is 7.09. The molecule has 0 saturated heterocycles. The van der Waals surface area contributed by atoms with Gasteiger partial charge in [-0.3, -0.25) is 14.3 Å². The van der Waals surface area contributed by atoms with Gasteiger partial charge in [0.15, 0.2) is 5.69 Å². The molecular formula is C15H17ClN4O2. The van der Waals surface area contributed by atoms with Crippen LogP contribution in [0.4, 0.5) is 5.69 Å². The lowest BCUT2D eigenvalue weighted by atomic mass is 10.1. The summed E-state index contributed by atoms with van der Waals surface area (Å²) in [6, 6.07) is 7.34. The summed E-state index contributed by atoms with van der Waals surface area (Å²) in [7, 11) is 3.29. The predicted octanol–water partition coefficient (Wildman–Crippen LogP) is 2.00. The van der Waals surface area contributed by atoms with Gasteiger partial charge in [-0.2, -0.15) is 5.10 Å². The van der Waals surface area contributed by atoms with Crippen LogP contribution >= 0.6 is 11.6 Å². The van der Waals surface area contributed by atoms with E-state index < -0.39 is 0 Å². The Morgan fingerprint density at radius 3 is 2.68 bits per heavy atom. The largest absolute Gasteiger partial charge is 0.359 e. The van der Waals surface area contributed by atoms with Gasteiger partial charge >= 0.3 is 0 Å². The van der Waals surface area contributed by atoms with E-state index >= 15 is 0 Å². The van der Waals surface area contributed by atoms with E-state index in [0.29, 0.717) is 23.6 Å². The summed E-state index contributed by atoms with van der Waals surface area (Å²) >= 11 is 5.97. The van der Waals surface area contributed by atoms with Gasteiger partial charge in [-0.15, -0.1) is 0 Å². The van der Waals surface area contributed by atoms with Gasteiger partial charge in [-0.25, -0.2) is 0 Å². The molecule has 7 heteroatoms. The number of anilines is 1. The summed E-state index contributed by atoms with van der Waals surface area (Å²) in [5.41, 5.74) is 1.70. The molecule has 0 aliphatic heterocycles. The number of nitrogens with zero attached hydrogens (tertiary/aromatic N) is 2. The first-order valence-corrected chi connectivity index (χ1v) is 7.18. The molecule has 2 rings (SSSR count). The fraction of sp³-hybridized carbons (Fsp3) is 0.267. The third-order valence-corrected chi connectivity index (χ3v) is 3.44. The van der Waals surface area contributed by atoms with E-state index in [2.05, 4.69) is 15.7 Å². The number of halogens is 1. The molecule has 22 heavy (non-hydrogen) atoms. The molecule has 0 fully saturated rings. The first-order chi connectivity index (χ1) is 10.5. The van der Waals surface area contributed by atoms with E-state index in [1.807, 2.05) is 18.2 Å². The number of carbonyl (C=O) groups is 2. The molecule has 2 aromatic rings. The van der Waals surface area contributed by atoms with Crippen LogP contribution in [0.15, 0.2) is 30.5 Å². The van der Waals surface area contributed by atoms with Crippen LogP contribution in [0.25, 0.3) is 0 Å². The molecule has 6 nitrogen and oxygen atoms in total. The van der Waals surface area contributed by atoms with E-state index in [-0.39, 0.29) is 17.5 Å². The van der Waals surface area contributed by atoms with Gasteiger partial charge in [-0.05, 0) is 18.1 Å². The zero-order valence-electron chi connectivity index (χ0n) is 12.4. The second-order valence-electron chi connectivity index (χ2n) is 4.78. The van der Waals surface area contributed by atoms with Crippen molar-refractivity contribution < 1.29 is 9.59 Å². The molecule has 1 aromatic heterocycles. The molecule has 0 bridgehead atoms. The summed E-state index contributed by atoms with van der Waals surface area (Å²) in [5, 5.41) is 9.69. The van der Waals surface area contributed by atoms with Gasteiger partial charge in [0.2, 0.25) is 5.91 Å². The van der Waals surface area contributed by atoms with Crippen LogP contribution in [0.2, 0.25) is 5.02 Å². The number of hydrogen-bond donors (Lipinski definition) is 2. The highest BCUT2D eigenvalue weighted by Gasteiger charge is 2.16. The summed E-state index contributed by atoms with van der Waals surface area (Å²) in [6.07, 6.45) is 2.45. The van der Waals surface area contributed by atoms with Gasteiger partial charge in [0.25, 0.3) is 5.91 Å². The van der Waals surface area contributed by atoms with Crippen molar-refractivity contribution in [3.63, 3.8) is 0 Å². The molecule has 0 aliphatic rings. The summed E-state index contributed by atoms with van der Waals surface area (Å²) < 4.78 is 1.48. The normalized spacial score (nSPS) is 10.3. The molecule has 0 atom stereocenters. The third-order valence-electron chi connectivity index (χ3n) is 3.17. The first-order valence-electron chi connectivity index (χ1n) is 6.80. The van der Waals surface area contributed by atoms with Crippen molar-refractivity contribution in [3.8, 4) is 0 Å². The topological polar surface area (TPSA) is 76.0 Å². The van der Waals surface area contributed by atoms with Crippen LogP contribution in [0.3, 0.4) is 0 Å². The maximum atomic E-state index is 12.2. The Bertz CT molecular complexity index is 697. The van der Waals surface area contributed by atoms with Gasteiger partial charge in [0.1, 0.15) is 0 Å². The maximum absolute atomic E-state index is 12.2. The van der Waals surface area contributed by atoms with Gasteiger partial charge in [0, 0.05) is 32.4 Å². The Kier molecular flexibility index (Phi) is 5.16. The number of benzene rings is 1. The maximum Gasteiger partial charge on any atom is 0.277 e. The van der Waals surface area contributed by atoms with E-state index in [1.54, 1.807) is 26.4 Å². The molecular weight excluding hydrogens is 304 g/mol. The number of amides is 2. The van der Waals surface area contributed by atoms with Crippen molar-refractivity contribution >= 4 is 29.1 Å². The monoisotopic (exact) mass is 320 g/mol. The fourth-order valence-electron chi connectivity index (χ4n) is 2.03. The highest BCUT2D eigenvalue weighted by atomic mass is 35.5. The van der Waals surface area contributed by atoms with Crippen LogP contribution in [-0.2, 0) is 18.3 Å². The highest BCUT2D eigenvalue weighted by Crippen LogP contribution is 2.20. The molecule has 1 heterocycles. The number of rotatable bonds is 5. The number of aromatic nitrogens is 2. The van der Waals surface area contributed by atoms with Crippen molar-refractivity contribution in [2.24, 2.45) is 7.05 Å². The number of nitrogens with one attached hydrogen (secondary N) is 2. The molecule has 0 spiro atoms. The average molecular weight is 321 g/mol. The Labute approximate surface area is 133 Å². The smallest absolute Gasteiger partial charge is 0.277 e. The Balaban J connectivity index is 2.14. The van der Waals surface area contributed by atoms with Crippen molar-refractivity contribution in [1.29, 1.82) is 0 Å². The van der Waals surface area contributed by atoms with Crippen LogP contribution < -0.4 is 10.6 Å².